The van der Waals surface area contributed by atoms with Crippen molar-refractivity contribution in [1.82, 2.24) is 14.7 Å². The lowest BCUT2D eigenvalue weighted by Crippen LogP contribution is -2.38. The first-order chi connectivity index (χ1) is 15.5. The van der Waals surface area contributed by atoms with Gasteiger partial charge in [0.2, 0.25) is 0 Å². The Morgan fingerprint density at radius 1 is 1.25 bits per heavy atom. The topological polar surface area (TPSA) is 68.6 Å². The van der Waals surface area contributed by atoms with Gasteiger partial charge >= 0.3 is 0 Å². The second-order valence-corrected chi connectivity index (χ2v) is 7.82. The van der Waals surface area contributed by atoms with Crippen LogP contribution in [0.4, 0.5) is 10.1 Å². The Balaban J connectivity index is 1.56. The molecule has 1 fully saturated rings. The third-order valence-electron chi connectivity index (χ3n) is 5.27. The highest BCUT2D eigenvalue weighted by Crippen LogP contribution is 2.36. The van der Waals surface area contributed by atoms with Gasteiger partial charge in [-0.05, 0) is 30.3 Å². The van der Waals surface area contributed by atoms with E-state index in [0.717, 1.165) is 32.8 Å². The van der Waals surface area contributed by atoms with Gasteiger partial charge in [-0.3, -0.25) is 14.4 Å². The number of hydrogen-bond acceptors (Lipinski definition) is 5. The van der Waals surface area contributed by atoms with Crippen LogP contribution >= 0.6 is 11.6 Å². The third kappa shape index (κ3) is 5.09. The summed E-state index contributed by atoms with van der Waals surface area (Å²) in [6, 6.07) is 11.1. The molecule has 7 nitrogen and oxygen atoms in total. The van der Waals surface area contributed by atoms with E-state index in [0.29, 0.717) is 34.3 Å². The molecular weight excluding hydrogens is 435 g/mol. The van der Waals surface area contributed by atoms with Crippen LogP contribution in [0.5, 0.6) is 5.75 Å². The van der Waals surface area contributed by atoms with Crippen LogP contribution in [0.3, 0.4) is 0 Å². The molecule has 9 heteroatoms. The summed E-state index contributed by atoms with van der Waals surface area (Å²) in [6.45, 7) is 4.48. The standard InChI is InChI=1S/C23H24ClFN4O3/c1-28-22(19(24)15-26-28)18-14-16(27-23(30)17-4-2-3-5-20(17)25)6-7-21(18)32-13-10-29-8-11-31-12-9-29/h2-7,14-15H,8-13H2,1H3,(H,27,30). The first-order valence-corrected chi connectivity index (χ1v) is 10.7. The number of carbonyl (C=O) groups excluding carboxylic acids is 1. The monoisotopic (exact) mass is 458 g/mol. The summed E-state index contributed by atoms with van der Waals surface area (Å²) in [7, 11) is 1.78. The highest BCUT2D eigenvalue weighted by molar-refractivity contribution is 6.33. The lowest BCUT2D eigenvalue weighted by Gasteiger charge is -2.26. The average molecular weight is 459 g/mol. The number of anilines is 1. The molecule has 1 aliphatic heterocycles. The number of aromatic nitrogens is 2. The summed E-state index contributed by atoms with van der Waals surface area (Å²) in [4.78, 5) is 14.8. The van der Waals surface area contributed by atoms with E-state index in [-0.39, 0.29) is 5.56 Å². The van der Waals surface area contributed by atoms with Gasteiger partial charge in [-0.25, -0.2) is 4.39 Å². The zero-order valence-electron chi connectivity index (χ0n) is 17.7. The van der Waals surface area contributed by atoms with Crippen LogP contribution in [-0.4, -0.2) is 60.0 Å². The normalized spacial score (nSPS) is 14.3. The number of benzene rings is 2. The van der Waals surface area contributed by atoms with Gasteiger partial charge in [0.15, 0.2) is 0 Å². The first-order valence-electron chi connectivity index (χ1n) is 10.3. The molecule has 3 aromatic rings. The highest BCUT2D eigenvalue weighted by atomic mass is 35.5. The quantitative estimate of drug-likeness (QED) is 0.582. The van der Waals surface area contributed by atoms with Gasteiger partial charge in [0.25, 0.3) is 5.91 Å². The lowest BCUT2D eigenvalue weighted by molar-refractivity contribution is 0.0323. The molecule has 1 N–H and O–H groups in total. The van der Waals surface area contributed by atoms with E-state index in [1.165, 1.54) is 18.2 Å². The molecule has 1 aromatic heterocycles. The number of carbonyl (C=O) groups is 1. The minimum atomic E-state index is -0.581. The van der Waals surface area contributed by atoms with E-state index >= 15 is 0 Å². The molecule has 4 rings (SSSR count). The molecule has 0 saturated carbocycles. The first kappa shape index (κ1) is 22.3. The van der Waals surface area contributed by atoms with Crippen molar-refractivity contribution >= 4 is 23.2 Å². The van der Waals surface area contributed by atoms with Crippen LogP contribution in [0.2, 0.25) is 5.02 Å². The van der Waals surface area contributed by atoms with Crippen molar-refractivity contribution in [2.24, 2.45) is 7.05 Å². The summed E-state index contributed by atoms with van der Waals surface area (Å²) in [5.41, 5.74) is 1.81. The van der Waals surface area contributed by atoms with Crippen molar-refractivity contribution in [3.05, 3.63) is 65.1 Å². The van der Waals surface area contributed by atoms with Gasteiger partial charge in [-0.15, -0.1) is 0 Å². The number of amides is 1. The van der Waals surface area contributed by atoms with Gasteiger partial charge in [0.05, 0.1) is 35.7 Å². The number of aryl methyl sites for hydroxylation is 1. The Morgan fingerprint density at radius 3 is 2.75 bits per heavy atom. The van der Waals surface area contributed by atoms with Crippen LogP contribution in [0, 0.1) is 5.82 Å². The third-order valence-corrected chi connectivity index (χ3v) is 5.55. The van der Waals surface area contributed by atoms with Crippen molar-refractivity contribution < 1.29 is 18.7 Å². The number of ether oxygens (including phenoxy) is 2. The number of nitrogens with one attached hydrogen (secondary N) is 1. The predicted molar refractivity (Wildman–Crippen MR) is 121 cm³/mol. The number of nitrogens with zero attached hydrogens (tertiary/aromatic N) is 3. The second-order valence-electron chi connectivity index (χ2n) is 7.41. The zero-order chi connectivity index (χ0) is 22.5. The fourth-order valence-corrected chi connectivity index (χ4v) is 3.85. The molecule has 1 saturated heterocycles. The van der Waals surface area contributed by atoms with Crippen molar-refractivity contribution in [3.8, 4) is 17.0 Å². The number of halogens is 2. The maximum atomic E-state index is 14.0. The molecule has 1 amide bonds. The van der Waals surface area contributed by atoms with E-state index in [1.54, 1.807) is 42.2 Å². The lowest BCUT2D eigenvalue weighted by atomic mass is 10.1. The van der Waals surface area contributed by atoms with Crippen LogP contribution < -0.4 is 10.1 Å². The highest BCUT2D eigenvalue weighted by Gasteiger charge is 2.18. The smallest absolute Gasteiger partial charge is 0.258 e. The molecule has 0 radical (unpaired) electrons. The fraction of sp³-hybridized carbons (Fsp3) is 0.304. The molecule has 0 aliphatic carbocycles. The second kappa shape index (κ2) is 10.1. The van der Waals surface area contributed by atoms with Crippen molar-refractivity contribution in [3.63, 3.8) is 0 Å². The molecular formula is C23H24ClFN4O3. The Morgan fingerprint density at radius 2 is 2.03 bits per heavy atom. The Labute approximate surface area is 190 Å². The predicted octanol–water partition coefficient (Wildman–Crippen LogP) is 3.84. The van der Waals surface area contributed by atoms with Crippen molar-refractivity contribution in [2.75, 3.05) is 44.8 Å². The van der Waals surface area contributed by atoms with E-state index < -0.39 is 11.7 Å². The maximum absolute atomic E-state index is 14.0. The number of morpholine rings is 1. The molecule has 0 bridgehead atoms. The van der Waals surface area contributed by atoms with E-state index in [1.807, 2.05) is 0 Å². The Hall–Kier alpha value is -2.94. The molecule has 1 aliphatic rings. The molecule has 2 heterocycles. The van der Waals surface area contributed by atoms with Gasteiger partial charge in [-0.2, -0.15) is 5.10 Å². The summed E-state index contributed by atoms with van der Waals surface area (Å²) in [6.07, 6.45) is 1.55. The number of rotatable bonds is 7. The maximum Gasteiger partial charge on any atom is 0.258 e. The summed E-state index contributed by atoms with van der Waals surface area (Å²) in [5, 5.41) is 7.41. The largest absolute Gasteiger partial charge is 0.492 e. The molecule has 0 atom stereocenters. The van der Waals surface area contributed by atoms with Crippen molar-refractivity contribution in [1.29, 1.82) is 0 Å². The van der Waals surface area contributed by atoms with E-state index in [2.05, 4.69) is 15.3 Å². The minimum absolute atomic E-state index is 0.0292. The van der Waals surface area contributed by atoms with E-state index in [9.17, 15) is 9.18 Å². The van der Waals surface area contributed by atoms with Crippen LogP contribution in [0.25, 0.3) is 11.3 Å². The fourth-order valence-electron chi connectivity index (χ4n) is 3.59. The van der Waals surface area contributed by atoms with Crippen LogP contribution in [0.15, 0.2) is 48.7 Å². The summed E-state index contributed by atoms with van der Waals surface area (Å²) in [5.74, 6) is -0.498. The van der Waals surface area contributed by atoms with Gasteiger partial charge in [0, 0.05) is 37.9 Å². The zero-order valence-corrected chi connectivity index (χ0v) is 18.4. The Bertz CT molecular complexity index is 1080. The number of hydrogen-bond donors (Lipinski definition) is 1. The van der Waals surface area contributed by atoms with E-state index in [4.69, 9.17) is 21.1 Å². The SMILES string of the molecule is Cn1ncc(Cl)c1-c1cc(NC(=O)c2ccccc2F)ccc1OCCN1CCOCC1. The summed E-state index contributed by atoms with van der Waals surface area (Å²) >= 11 is 6.38. The summed E-state index contributed by atoms with van der Waals surface area (Å²) < 4.78 is 27.1. The van der Waals surface area contributed by atoms with Gasteiger partial charge < -0.3 is 14.8 Å². The minimum Gasteiger partial charge on any atom is -0.492 e. The molecule has 2 aromatic carbocycles. The van der Waals surface area contributed by atoms with Gasteiger partial charge in [0.1, 0.15) is 18.2 Å². The van der Waals surface area contributed by atoms with Crippen LogP contribution in [-0.2, 0) is 11.8 Å². The molecule has 0 unspecified atom stereocenters. The van der Waals surface area contributed by atoms with Gasteiger partial charge in [-0.1, -0.05) is 23.7 Å². The van der Waals surface area contributed by atoms with Crippen molar-refractivity contribution in [2.45, 2.75) is 0 Å². The molecule has 32 heavy (non-hydrogen) atoms. The molecule has 168 valence electrons. The molecule has 0 spiro atoms. The van der Waals surface area contributed by atoms with Crippen LogP contribution in [0.1, 0.15) is 10.4 Å². The average Bonchev–Trinajstić information content (AvgIpc) is 3.13. The Kier molecular flexibility index (Phi) is 7.04.